The van der Waals surface area contributed by atoms with Gasteiger partial charge in [-0.05, 0) is 61.7 Å². The van der Waals surface area contributed by atoms with Gasteiger partial charge in [-0.1, -0.05) is 13.8 Å². The average Bonchev–Trinajstić information content (AvgIpc) is 3.31. The number of aliphatic hydroxyl groups excluding tert-OH is 1. The molecule has 0 aromatic rings. The molecule has 6 aliphatic rings. The summed E-state index contributed by atoms with van der Waals surface area (Å²) in [5.74, 6) is -1.52. The maximum absolute atomic E-state index is 13.6. The Labute approximate surface area is 176 Å². The Hall–Kier alpha value is -1.74. The number of nitriles is 1. The number of hydrogen-bond donors (Lipinski definition) is 1. The zero-order chi connectivity index (χ0) is 21.3. The van der Waals surface area contributed by atoms with E-state index in [0.29, 0.717) is 38.5 Å². The first-order valence-electron chi connectivity index (χ1n) is 11.5. The fourth-order valence-electron chi connectivity index (χ4n) is 9.73. The first kappa shape index (κ1) is 19.0. The Kier molecular flexibility index (Phi) is 3.39. The van der Waals surface area contributed by atoms with Crippen LogP contribution >= 0.6 is 0 Å². The highest BCUT2D eigenvalue weighted by Gasteiger charge is 2.79. The van der Waals surface area contributed by atoms with Crippen molar-refractivity contribution in [3.8, 4) is 6.07 Å². The molecule has 6 nitrogen and oxygen atoms in total. The van der Waals surface area contributed by atoms with E-state index in [9.17, 15) is 24.8 Å². The summed E-state index contributed by atoms with van der Waals surface area (Å²) < 4.78 is 5.94. The molecule has 1 heterocycles. The molecule has 6 heteroatoms. The number of carbonyl (C=O) groups excluding carboxylic acids is 3. The van der Waals surface area contributed by atoms with Crippen molar-refractivity contribution in [1.29, 1.82) is 5.26 Å². The number of esters is 1. The molecule has 5 aliphatic carbocycles. The van der Waals surface area contributed by atoms with Crippen LogP contribution in [-0.4, -0.2) is 34.3 Å². The lowest BCUT2D eigenvalue weighted by molar-refractivity contribution is -0.213. The zero-order valence-corrected chi connectivity index (χ0v) is 17.6. The van der Waals surface area contributed by atoms with Crippen LogP contribution in [0.15, 0.2) is 0 Å². The lowest BCUT2D eigenvalue weighted by Crippen LogP contribution is -2.65. The predicted molar refractivity (Wildman–Crippen MR) is 103 cm³/mol. The number of hydrogen-bond acceptors (Lipinski definition) is 6. The average molecular weight is 411 g/mol. The predicted octanol–water partition coefficient (Wildman–Crippen LogP) is 2.57. The van der Waals surface area contributed by atoms with Crippen LogP contribution in [0.25, 0.3) is 0 Å². The molecule has 10 atom stereocenters. The number of fused-ring (bicyclic) bond motifs is 7. The lowest BCUT2D eigenvalue weighted by atomic mass is 9.39. The van der Waals surface area contributed by atoms with E-state index in [1.165, 1.54) is 0 Å². The van der Waals surface area contributed by atoms with Crippen LogP contribution in [0.1, 0.15) is 65.2 Å². The van der Waals surface area contributed by atoms with E-state index in [1.807, 2.05) is 0 Å². The van der Waals surface area contributed by atoms with Crippen LogP contribution in [0.5, 0.6) is 0 Å². The van der Waals surface area contributed by atoms with Crippen molar-refractivity contribution >= 4 is 17.5 Å². The Bertz CT molecular complexity index is 938. The summed E-state index contributed by atoms with van der Waals surface area (Å²) in [7, 11) is 0. The van der Waals surface area contributed by atoms with Crippen molar-refractivity contribution in [2.45, 2.75) is 76.9 Å². The molecular weight excluding hydrogens is 382 g/mol. The summed E-state index contributed by atoms with van der Waals surface area (Å²) in [6.07, 6.45) is 3.95. The largest absolute Gasteiger partial charge is 0.458 e. The zero-order valence-electron chi connectivity index (χ0n) is 17.6. The molecule has 6 rings (SSSR count). The molecule has 0 aromatic carbocycles. The second-order valence-corrected chi connectivity index (χ2v) is 11.5. The summed E-state index contributed by atoms with van der Waals surface area (Å²) in [5, 5.41) is 21.9. The minimum atomic E-state index is -0.976. The third kappa shape index (κ3) is 1.74. The molecule has 1 N–H and O–H groups in total. The van der Waals surface area contributed by atoms with E-state index in [4.69, 9.17) is 4.74 Å². The fraction of sp³-hybridized carbons (Fsp3) is 0.833. The third-order valence-corrected chi connectivity index (χ3v) is 11.0. The van der Waals surface area contributed by atoms with Gasteiger partial charge >= 0.3 is 5.97 Å². The molecule has 5 saturated carbocycles. The highest BCUT2D eigenvalue weighted by Crippen LogP contribution is 2.76. The third-order valence-electron chi connectivity index (χ3n) is 11.0. The number of ether oxygens (including phenoxy) is 1. The van der Waals surface area contributed by atoms with E-state index in [2.05, 4.69) is 19.9 Å². The van der Waals surface area contributed by atoms with Gasteiger partial charge in [0.05, 0.1) is 23.5 Å². The van der Waals surface area contributed by atoms with Crippen molar-refractivity contribution in [2.24, 2.45) is 45.8 Å². The maximum Gasteiger partial charge on any atom is 0.306 e. The van der Waals surface area contributed by atoms with E-state index in [-0.39, 0.29) is 46.6 Å². The standard InChI is InChI=1S/C24H29NO5/c1-21-6-4-14(26)19-20(29)12(9-23(19,21)11-25)17-13-3-7-24(8-5-16(28)30-24)22(13,2)10-15(27)18(17)21/h12-13,15,17-19,27H,3-10H2,1-2H3/t12?,13?,15?,17?,18?,19-,21?,22?,23-,24+/m0/s1. The van der Waals surface area contributed by atoms with Gasteiger partial charge in [0.2, 0.25) is 0 Å². The lowest BCUT2D eigenvalue weighted by Gasteiger charge is -2.64. The minimum Gasteiger partial charge on any atom is -0.458 e. The van der Waals surface area contributed by atoms with Gasteiger partial charge in [-0.2, -0.15) is 5.26 Å². The van der Waals surface area contributed by atoms with Crippen molar-refractivity contribution in [3.63, 3.8) is 0 Å². The SMILES string of the molecule is CC12CC(O)C3C(C4C[C@]5(C#N)[C@@H](C(=O)CCC35C)C4=O)C1CC[C@@]21CCC(=O)O1. The Morgan fingerprint density at radius 1 is 1.07 bits per heavy atom. The first-order chi connectivity index (χ1) is 14.1. The van der Waals surface area contributed by atoms with Gasteiger partial charge in [0.1, 0.15) is 17.2 Å². The van der Waals surface area contributed by atoms with E-state index in [1.54, 1.807) is 0 Å². The molecule has 0 amide bonds. The monoisotopic (exact) mass is 411 g/mol. The van der Waals surface area contributed by atoms with Gasteiger partial charge in [-0.3, -0.25) is 14.4 Å². The Balaban J connectivity index is 1.52. The normalized spacial score (nSPS) is 58.4. The molecule has 7 unspecified atom stereocenters. The molecule has 160 valence electrons. The van der Waals surface area contributed by atoms with E-state index >= 15 is 0 Å². The smallest absolute Gasteiger partial charge is 0.306 e. The van der Waals surface area contributed by atoms with Crippen molar-refractivity contribution < 1.29 is 24.2 Å². The fourth-order valence-corrected chi connectivity index (χ4v) is 9.73. The first-order valence-corrected chi connectivity index (χ1v) is 11.5. The van der Waals surface area contributed by atoms with Crippen LogP contribution in [0, 0.1) is 57.2 Å². The summed E-state index contributed by atoms with van der Waals surface area (Å²) in [6.45, 7) is 4.21. The van der Waals surface area contributed by atoms with Gasteiger partial charge in [-0.25, -0.2) is 0 Å². The number of Topliss-reactive ketones (excluding diaryl/α,β-unsaturated/α-hetero) is 2. The van der Waals surface area contributed by atoms with Gasteiger partial charge in [0, 0.05) is 24.2 Å². The molecule has 1 aliphatic heterocycles. The molecule has 0 aromatic heterocycles. The molecule has 0 radical (unpaired) electrons. The highest BCUT2D eigenvalue weighted by molar-refractivity contribution is 6.07. The highest BCUT2D eigenvalue weighted by atomic mass is 16.6. The molecule has 6 fully saturated rings. The summed E-state index contributed by atoms with van der Waals surface area (Å²) in [6, 6.07) is 2.47. The number of rotatable bonds is 0. The number of carbonyl (C=O) groups is 3. The van der Waals surface area contributed by atoms with E-state index in [0.717, 1.165) is 12.8 Å². The Morgan fingerprint density at radius 3 is 2.50 bits per heavy atom. The van der Waals surface area contributed by atoms with Gasteiger partial charge in [0.15, 0.2) is 0 Å². The molecule has 2 bridgehead atoms. The molecule has 30 heavy (non-hydrogen) atoms. The second kappa shape index (κ2) is 5.35. The van der Waals surface area contributed by atoms with E-state index < -0.39 is 28.5 Å². The van der Waals surface area contributed by atoms with Gasteiger partial charge < -0.3 is 9.84 Å². The van der Waals surface area contributed by atoms with Crippen LogP contribution < -0.4 is 0 Å². The molecule has 1 saturated heterocycles. The van der Waals surface area contributed by atoms with Crippen molar-refractivity contribution in [1.82, 2.24) is 0 Å². The topological polar surface area (TPSA) is 104 Å². The Morgan fingerprint density at radius 2 is 1.83 bits per heavy atom. The summed E-state index contributed by atoms with van der Waals surface area (Å²) in [5.41, 5.74) is -2.44. The van der Waals surface area contributed by atoms with Crippen LogP contribution in [0.3, 0.4) is 0 Å². The number of ketones is 2. The van der Waals surface area contributed by atoms with Crippen LogP contribution in [0.4, 0.5) is 0 Å². The minimum absolute atomic E-state index is 0.0488. The summed E-state index contributed by atoms with van der Waals surface area (Å²) in [4.78, 5) is 38.5. The van der Waals surface area contributed by atoms with Crippen LogP contribution in [0.2, 0.25) is 0 Å². The quantitative estimate of drug-likeness (QED) is 0.485. The molecular formula is C24H29NO5. The van der Waals surface area contributed by atoms with Gasteiger partial charge in [0.25, 0.3) is 0 Å². The van der Waals surface area contributed by atoms with Crippen LogP contribution in [-0.2, 0) is 19.1 Å². The van der Waals surface area contributed by atoms with Crippen molar-refractivity contribution in [2.75, 3.05) is 0 Å². The summed E-state index contributed by atoms with van der Waals surface area (Å²) >= 11 is 0. The number of nitrogens with zero attached hydrogens (tertiary/aromatic N) is 1. The number of aliphatic hydroxyl groups is 1. The maximum atomic E-state index is 13.6. The van der Waals surface area contributed by atoms with Crippen molar-refractivity contribution in [3.05, 3.63) is 0 Å². The molecule has 1 spiro atoms. The second-order valence-electron chi connectivity index (χ2n) is 11.5. The van der Waals surface area contributed by atoms with Gasteiger partial charge in [-0.15, -0.1) is 0 Å².